The van der Waals surface area contributed by atoms with Crippen LogP contribution in [0.5, 0.6) is 0 Å². The molecule has 1 atom stereocenters. The van der Waals surface area contributed by atoms with Gasteiger partial charge in [-0.05, 0) is 23.8 Å². The molecule has 0 spiro atoms. The summed E-state index contributed by atoms with van der Waals surface area (Å²) in [6.07, 6.45) is 1.98. The lowest BCUT2D eigenvalue weighted by atomic mass is 10.0. The SMILES string of the molecule is COCC(C)NC(=O)Cc1coc2ccc3ccccc3c12. The van der Waals surface area contributed by atoms with E-state index in [-0.39, 0.29) is 11.9 Å². The molecule has 1 unspecified atom stereocenters. The predicted molar refractivity (Wildman–Crippen MR) is 86.9 cm³/mol. The van der Waals surface area contributed by atoms with Crippen molar-refractivity contribution < 1.29 is 13.9 Å². The van der Waals surface area contributed by atoms with Crippen molar-refractivity contribution in [1.82, 2.24) is 5.32 Å². The lowest BCUT2D eigenvalue weighted by molar-refractivity contribution is -0.121. The van der Waals surface area contributed by atoms with E-state index in [4.69, 9.17) is 9.15 Å². The first-order chi connectivity index (χ1) is 10.7. The Morgan fingerprint density at radius 3 is 2.91 bits per heavy atom. The highest BCUT2D eigenvalue weighted by Crippen LogP contribution is 2.30. The zero-order chi connectivity index (χ0) is 15.5. The Hall–Kier alpha value is -2.33. The summed E-state index contributed by atoms with van der Waals surface area (Å²) in [5, 5.41) is 6.20. The van der Waals surface area contributed by atoms with Crippen LogP contribution in [0.1, 0.15) is 12.5 Å². The summed E-state index contributed by atoms with van der Waals surface area (Å²) in [5.74, 6) is -0.0276. The van der Waals surface area contributed by atoms with E-state index < -0.39 is 0 Å². The molecule has 3 aromatic rings. The van der Waals surface area contributed by atoms with Crippen LogP contribution in [0, 0.1) is 0 Å². The van der Waals surface area contributed by atoms with Crippen molar-refractivity contribution in [3.63, 3.8) is 0 Å². The van der Waals surface area contributed by atoms with Gasteiger partial charge in [0.05, 0.1) is 19.3 Å². The maximum atomic E-state index is 12.2. The number of rotatable bonds is 5. The van der Waals surface area contributed by atoms with Crippen molar-refractivity contribution >= 4 is 27.6 Å². The third-order valence-corrected chi connectivity index (χ3v) is 3.72. The number of amides is 1. The number of nitrogens with one attached hydrogen (secondary N) is 1. The summed E-state index contributed by atoms with van der Waals surface area (Å²) in [6.45, 7) is 2.42. The van der Waals surface area contributed by atoms with Gasteiger partial charge in [0.1, 0.15) is 5.58 Å². The second-order valence-electron chi connectivity index (χ2n) is 5.52. The number of hydrogen-bond acceptors (Lipinski definition) is 3. The van der Waals surface area contributed by atoms with Crippen LogP contribution in [-0.4, -0.2) is 25.7 Å². The molecule has 0 radical (unpaired) electrons. The van der Waals surface area contributed by atoms with E-state index in [9.17, 15) is 4.79 Å². The van der Waals surface area contributed by atoms with Crippen molar-refractivity contribution in [2.75, 3.05) is 13.7 Å². The molecule has 0 bridgehead atoms. The summed E-state index contributed by atoms with van der Waals surface area (Å²) in [4.78, 5) is 12.2. The minimum atomic E-state index is -0.0276. The Balaban J connectivity index is 1.91. The van der Waals surface area contributed by atoms with Gasteiger partial charge >= 0.3 is 0 Å². The minimum Gasteiger partial charge on any atom is -0.464 e. The molecule has 22 heavy (non-hydrogen) atoms. The van der Waals surface area contributed by atoms with Crippen LogP contribution in [-0.2, 0) is 16.0 Å². The molecule has 4 heteroatoms. The van der Waals surface area contributed by atoms with Crippen LogP contribution in [0.2, 0.25) is 0 Å². The quantitative estimate of drug-likeness (QED) is 0.786. The summed E-state index contributed by atoms with van der Waals surface area (Å²) in [6, 6.07) is 12.1. The van der Waals surface area contributed by atoms with Crippen molar-refractivity contribution in [2.24, 2.45) is 0 Å². The fraction of sp³-hybridized carbons (Fsp3) is 0.278. The first-order valence-electron chi connectivity index (χ1n) is 7.35. The molecule has 1 amide bonds. The van der Waals surface area contributed by atoms with E-state index in [1.54, 1.807) is 13.4 Å². The van der Waals surface area contributed by atoms with Gasteiger partial charge in [0, 0.05) is 24.1 Å². The van der Waals surface area contributed by atoms with Crippen LogP contribution in [0.15, 0.2) is 47.1 Å². The van der Waals surface area contributed by atoms with Crippen molar-refractivity contribution in [2.45, 2.75) is 19.4 Å². The minimum absolute atomic E-state index is 0.00703. The normalized spacial score (nSPS) is 12.6. The topological polar surface area (TPSA) is 51.5 Å². The van der Waals surface area contributed by atoms with Crippen LogP contribution in [0.25, 0.3) is 21.7 Å². The van der Waals surface area contributed by atoms with Gasteiger partial charge in [-0.3, -0.25) is 4.79 Å². The monoisotopic (exact) mass is 297 g/mol. The number of hydrogen-bond donors (Lipinski definition) is 1. The number of furan rings is 1. The molecule has 0 saturated carbocycles. The Morgan fingerprint density at radius 1 is 1.27 bits per heavy atom. The molecular formula is C18H19NO3. The Kier molecular flexibility index (Phi) is 4.11. The molecular weight excluding hydrogens is 278 g/mol. The maximum Gasteiger partial charge on any atom is 0.224 e. The third-order valence-electron chi connectivity index (χ3n) is 3.72. The van der Waals surface area contributed by atoms with Gasteiger partial charge in [-0.25, -0.2) is 0 Å². The van der Waals surface area contributed by atoms with Crippen molar-refractivity contribution in [3.05, 3.63) is 48.2 Å². The number of ether oxygens (including phenoxy) is 1. The van der Waals surface area contributed by atoms with Crippen LogP contribution in [0.4, 0.5) is 0 Å². The number of carbonyl (C=O) groups excluding carboxylic acids is 1. The molecule has 0 aliphatic carbocycles. The zero-order valence-electron chi connectivity index (χ0n) is 12.8. The van der Waals surface area contributed by atoms with E-state index in [0.717, 1.165) is 27.3 Å². The van der Waals surface area contributed by atoms with Crippen LogP contribution < -0.4 is 5.32 Å². The number of fused-ring (bicyclic) bond motifs is 3. The van der Waals surface area contributed by atoms with Gasteiger partial charge in [-0.15, -0.1) is 0 Å². The van der Waals surface area contributed by atoms with E-state index in [1.807, 2.05) is 31.2 Å². The zero-order valence-corrected chi connectivity index (χ0v) is 12.8. The van der Waals surface area contributed by atoms with E-state index >= 15 is 0 Å². The number of methoxy groups -OCH3 is 1. The first kappa shape index (κ1) is 14.6. The molecule has 114 valence electrons. The second-order valence-corrected chi connectivity index (χ2v) is 5.52. The van der Waals surface area contributed by atoms with Crippen molar-refractivity contribution in [3.8, 4) is 0 Å². The molecule has 1 aromatic heterocycles. The first-order valence-corrected chi connectivity index (χ1v) is 7.35. The highest BCUT2D eigenvalue weighted by atomic mass is 16.5. The highest BCUT2D eigenvalue weighted by molar-refractivity contribution is 6.08. The standard InChI is InChI=1S/C18H19NO3/c1-12(10-21-2)19-17(20)9-14-11-22-16-8-7-13-5-3-4-6-15(13)18(14)16/h3-8,11-12H,9-10H2,1-2H3,(H,19,20). The Labute approximate surface area is 129 Å². The van der Waals surface area contributed by atoms with Gasteiger partial charge in [-0.2, -0.15) is 0 Å². The largest absolute Gasteiger partial charge is 0.464 e. The predicted octanol–water partition coefficient (Wildman–Crippen LogP) is 3.28. The fourth-order valence-corrected chi connectivity index (χ4v) is 2.80. The molecule has 2 aromatic carbocycles. The molecule has 0 fully saturated rings. The smallest absolute Gasteiger partial charge is 0.224 e. The van der Waals surface area contributed by atoms with E-state index in [1.165, 1.54) is 0 Å². The second kappa shape index (κ2) is 6.20. The average molecular weight is 297 g/mol. The maximum absolute atomic E-state index is 12.2. The molecule has 1 N–H and O–H groups in total. The summed E-state index contributed by atoms with van der Waals surface area (Å²) >= 11 is 0. The Bertz CT molecular complexity index is 806. The molecule has 0 saturated heterocycles. The number of benzene rings is 2. The van der Waals surface area contributed by atoms with Crippen molar-refractivity contribution in [1.29, 1.82) is 0 Å². The fourth-order valence-electron chi connectivity index (χ4n) is 2.80. The summed E-state index contributed by atoms with van der Waals surface area (Å²) in [5.41, 5.74) is 1.72. The van der Waals surface area contributed by atoms with Gasteiger partial charge in [0.15, 0.2) is 0 Å². The third kappa shape index (κ3) is 2.83. The highest BCUT2D eigenvalue weighted by Gasteiger charge is 2.14. The molecule has 0 aliphatic rings. The molecule has 1 heterocycles. The lowest BCUT2D eigenvalue weighted by Crippen LogP contribution is -2.36. The van der Waals surface area contributed by atoms with Crippen LogP contribution in [0.3, 0.4) is 0 Å². The number of carbonyl (C=O) groups is 1. The van der Waals surface area contributed by atoms with Gasteiger partial charge in [0.2, 0.25) is 5.91 Å². The Morgan fingerprint density at radius 2 is 2.09 bits per heavy atom. The van der Waals surface area contributed by atoms with Gasteiger partial charge < -0.3 is 14.5 Å². The van der Waals surface area contributed by atoms with E-state index in [0.29, 0.717) is 13.0 Å². The average Bonchev–Trinajstić information content (AvgIpc) is 2.90. The van der Waals surface area contributed by atoms with E-state index in [2.05, 4.69) is 17.4 Å². The van der Waals surface area contributed by atoms with Crippen LogP contribution >= 0.6 is 0 Å². The molecule has 0 aliphatic heterocycles. The summed E-state index contributed by atoms with van der Waals surface area (Å²) < 4.78 is 10.6. The molecule has 3 rings (SSSR count). The van der Waals surface area contributed by atoms with Gasteiger partial charge in [-0.1, -0.05) is 30.3 Å². The van der Waals surface area contributed by atoms with Gasteiger partial charge in [0.25, 0.3) is 0 Å². The summed E-state index contributed by atoms with van der Waals surface area (Å²) in [7, 11) is 1.62. The lowest BCUT2D eigenvalue weighted by Gasteiger charge is -2.12. The molecule has 4 nitrogen and oxygen atoms in total.